The fourth-order valence-electron chi connectivity index (χ4n) is 12.0. The lowest BCUT2D eigenvalue weighted by Gasteiger charge is -2.30. The molecule has 3 aromatic carbocycles. The Labute approximate surface area is 664 Å². The second-order valence-electron chi connectivity index (χ2n) is 29.4. The number of carboxylic acids is 1. The summed E-state index contributed by atoms with van der Waals surface area (Å²) in [4.78, 5) is 203. The lowest BCUT2D eigenvalue weighted by molar-refractivity contribution is -0.145. The third-order valence-electron chi connectivity index (χ3n) is 18.3. The normalized spacial score (nSPS) is 14.3. The zero-order chi connectivity index (χ0) is 85.5. The summed E-state index contributed by atoms with van der Waals surface area (Å²) in [7, 11) is 0. The Kier molecular flexibility index (Phi) is 42.2. The number of guanidine groups is 2. The van der Waals surface area contributed by atoms with Crippen LogP contribution in [-0.4, -0.2) is 209 Å². The Hall–Kier alpha value is -11.5. The summed E-state index contributed by atoms with van der Waals surface area (Å²) < 4.78 is 0. The standard InChI is InChI=1S/C77H120N20O17/c1-41(2)33-56(93-71(109)57(37-48-21-13-11-14-22-48)88-61(102)40-86-60(101)39-87-65(103)46(9)36-51-44(7)34-50(99)35-45(51)8)70(108)91-54(27-20-32-85-77(82)83)66(104)89-53(26-19-31-84-76(80)81)67(105)92-55(28-29-59(79)100)68(106)94-58(38-49-23-15-12-16-24-49)72(110)90-52(25-17-18-30-78)69(107)95-62(42(3)4)73(111)96-63(43(5)6)74(112)97-64(47(10)98)75(113)114/h11-16,21-24,34-35,41-43,46-47,52-58,62-64,98-99H,17-20,25-33,36-40,78H2,1-10H3,(H2,79,100)(H,86,101)(H,87,103)(H,88,102)(H,89,104)(H,90,110)(H,91,108)(H,92,105)(H,93,109)(H,94,106)(H,95,107)(H,96,111)(H,97,112)(H,113,114)(H4,80,81,84)(H4,82,83,85)/t46-,47+,52-,53-,54-,55-,56-,57-,58-,62-,63-,64-/m0/s1. The number of aliphatic imine (C=N–C) groups is 2. The van der Waals surface area contributed by atoms with E-state index >= 15 is 0 Å². The van der Waals surface area contributed by atoms with Gasteiger partial charge in [-0.1, -0.05) is 109 Å². The van der Waals surface area contributed by atoms with E-state index in [-0.39, 0.29) is 101 Å². The fraction of sp³-hybridized carbons (Fsp3) is 0.558. The van der Waals surface area contributed by atoms with Crippen LogP contribution in [-0.2, 0) is 86.4 Å². The smallest absolute Gasteiger partial charge is 0.328 e. The molecule has 37 nitrogen and oxygen atoms in total. The van der Waals surface area contributed by atoms with E-state index in [4.69, 9.17) is 34.4 Å². The predicted molar refractivity (Wildman–Crippen MR) is 426 cm³/mol. The van der Waals surface area contributed by atoms with Crippen LogP contribution in [0.1, 0.15) is 147 Å². The number of aromatic hydroxyl groups is 1. The quantitative estimate of drug-likeness (QED) is 0.0153. The number of unbranched alkanes of at least 4 members (excludes halogenated alkanes) is 1. The maximum Gasteiger partial charge on any atom is 0.328 e. The van der Waals surface area contributed by atoms with Gasteiger partial charge in [-0.3, -0.25) is 72.3 Å². The molecule has 0 aliphatic rings. The molecule has 13 amide bonds. The van der Waals surface area contributed by atoms with Gasteiger partial charge in [0, 0.05) is 38.3 Å². The van der Waals surface area contributed by atoms with E-state index < -0.39 is 193 Å². The number of benzene rings is 3. The van der Waals surface area contributed by atoms with Crippen molar-refractivity contribution in [2.24, 2.45) is 68.1 Å². The van der Waals surface area contributed by atoms with Crippen molar-refractivity contribution in [2.45, 2.75) is 219 Å². The summed E-state index contributed by atoms with van der Waals surface area (Å²) in [6, 6.07) is 5.10. The van der Waals surface area contributed by atoms with Crippen LogP contribution >= 0.6 is 0 Å². The molecule has 0 radical (unpaired) electrons. The number of aryl methyl sites for hydroxylation is 2. The number of nitrogens with zero attached hydrogens (tertiary/aromatic N) is 2. The molecule has 0 bridgehead atoms. The van der Waals surface area contributed by atoms with Gasteiger partial charge in [0.15, 0.2) is 18.0 Å². The van der Waals surface area contributed by atoms with Crippen molar-refractivity contribution in [3.63, 3.8) is 0 Å². The molecule has 0 heterocycles. The van der Waals surface area contributed by atoms with Gasteiger partial charge in [0.2, 0.25) is 76.8 Å². The summed E-state index contributed by atoms with van der Waals surface area (Å²) in [5.74, 6) is -15.4. The number of aliphatic hydroxyl groups is 1. The molecular formula is C77H120N20O17. The van der Waals surface area contributed by atoms with Crippen molar-refractivity contribution >= 4 is 94.7 Å². The molecule has 0 spiro atoms. The minimum absolute atomic E-state index is 0.00376. The van der Waals surface area contributed by atoms with Crippen molar-refractivity contribution in [1.82, 2.24) is 63.8 Å². The summed E-state index contributed by atoms with van der Waals surface area (Å²) in [6.07, 6.45) is -2.34. The summed E-state index contributed by atoms with van der Waals surface area (Å²) in [5, 5.41) is 60.8. The van der Waals surface area contributed by atoms with Gasteiger partial charge in [0.05, 0.1) is 19.2 Å². The van der Waals surface area contributed by atoms with E-state index in [2.05, 4.69) is 73.8 Å². The van der Waals surface area contributed by atoms with E-state index in [1.807, 2.05) is 13.8 Å². The molecule has 12 atom stereocenters. The highest BCUT2D eigenvalue weighted by molar-refractivity contribution is 6.00. The van der Waals surface area contributed by atoms with E-state index in [0.29, 0.717) is 24.0 Å². The average molecular weight is 1600 g/mol. The Morgan fingerprint density at radius 3 is 1.21 bits per heavy atom. The number of carbonyl (C=O) groups excluding carboxylic acids is 13. The second kappa shape index (κ2) is 49.8. The lowest BCUT2D eigenvalue weighted by atomic mass is 9.93. The SMILES string of the molecule is Cc1cc(O)cc(C)c1C[C@H](C)C(=O)NCC(=O)NCC(=O)N[C@@H](Cc1ccccc1)C(=O)N[C@@H](CC(C)C)C(=O)N[C@@H](CCCN=C(N)N)C(=O)N[C@@H](CCCN=C(N)N)C(=O)N[C@@H](CCC(N)=O)C(=O)N[C@@H](Cc1ccccc1)C(=O)N[C@@H](CCCCN)C(=O)N[C@H](C(=O)N[C@H](C(=O)N[C@H](C(=O)O)[C@@H](C)O)C(C)C)C(C)C. The summed E-state index contributed by atoms with van der Waals surface area (Å²) >= 11 is 0. The molecule has 630 valence electrons. The Morgan fingerprint density at radius 1 is 0.421 bits per heavy atom. The highest BCUT2D eigenvalue weighted by Crippen LogP contribution is 2.24. The van der Waals surface area contributed by atoms with Crippen LogP contribution in [0.4, 0.5) is 0 Å². The molecule has 37 heteroatoms. The van der Waals surface area contributed by atoms with Gasteiger partial charge in [0.1, 0.15) is 60.1 Å². The van der Waals surface area contributed by atoms with Gasteiger partial charge in [-0.25, -0.2) is 4.79 Å². The fourth-order valence-corrected chi connectivity index (χ4v) is 12.0. The van der Waals surface area contributed by atoms with Gasteiger partial charge < -0.3 is 114 Å². The van der Waals surface area contributed by atoms with Crippen molar-refractivity contribution in [1.29, 1.82) is 0 Å². The number of aliphatic carboxylic acids is 1. The molecule has 0 saturated heterocycles. The highest BCUT2D eigenvalue weighted by atomic mass is 16.4. The Morgan fingerprint density at radius 2 is 0.798 bits per heavy atom. The van der Waals surface area contributed by atoms with Crippen molar-refractivity contribution in [3.8, 4) is 5.75 Å². The van der Waals surface area contributed by atoms with Crippen LogP contribution in [0, 0.1) is 37.5 Å². The first-order valence-electron chi connectivity index (χ1n) is 38.2. The van der Waals surface area contributed by atoms with Gasteiger partial charge in [-0.2, -0.15) is 0 Å². The minimum atomic E-state index is -1.72. The number of hydrogen-bond acceptors (Lipinski definition) is 19. The number of rotatable bonds is 51. The third kappa shape index (κ3) is 35.9. The highest BCUT2D eigenvalue weighted by Gasteiger charge is 2.38. The zero-order valence-electron chi connectivity index (χ0n) is 66.7. The van der Waals surface area contributed by atoms with Crippen LogP contribution in [0.2, 0.25) is 0 Å². The number of primary amides is 1. The largest absolute Gasteiger partial charge is 0.508 e. The molecule has 27 N–H and O–H groups in total. The van der Waals surface area contributed by atoms with Crippen LogP contribution in [0.15, 0.2) is 82.8 Å². The number of phenols is 1. The van der Waals surface area contributed by atoms with Crippen molar-refractivity contribution in [2.75, 3.05) is 32.7 Å². The zero-order valence-corrected chi connectivity index (χ0v) is 66.7. The number of carbonyl (C=O) groups is 14. The number of nitrogens with two attached hydrogens (primary N) is 6. The second-order valence-corrected chi connectivity index (χ2v) is 29.4. The van der Waals surface area contributed by atoms with E-state index in [9.17, 15) is 82.4 Å². The van der Waals surface area contributed by atoms with Crippen LogP contribution < -0.4 is 98.2 Å². The summed E-state index contributed by atoms with van der Waals surface area (Å²) in [5.41, 5.74) is 37.5. The molecule has 0 aliphatic carbocycles. The molecular weight excluding hydrogens is 1480 g/mol. The molecule has 0 fully saturated rings. The van der Waals surface area contributed by atoms with Crippen LogP contribution in [0.5, 0.6) is 5.75 Å². The molecule has 0 aromatic heterocycles. The summed E-state index contributed by atoms with van der Waals surface area (Å²) in [6.45, 7) is 15.3. The monoisotopic (exact) mass is 1600 g/mol. The molecule has 114 heavy (non-hydrogen) atoms. The minimum Gasteiger partial charge on any atom is -0.508 e. The first-order valence-corrected chi connectivity index (χ1v) is 38.2. The van der Waals surface area contributed by atoms with Crippen molar-refractivity contribution in [3.05, 3.63) is 101 Å². The van der Waals surface area contributed by atoms with Gasteiger partial charge in [-0.15, -0.1) is 0 Å². The molecule has 0 aliphatic heterocycles. The molecule has 0 saturated carbocycles. The van der Waals surface area contributed by atoms with Gasteiger partial charge in [0.25, 0.3) is 0 Å². The number of phenolic OH excluding ortho intramolecular Hbond substituents is 1. The maximum absolute atomic E-state index is 14.9. The predicted octanol–water partition coefficient (Wildman–Crippen LogP) is -2.92. The molecule has 3 aromatic rings. The van der Waals surface area contributed by atoms with Gasteiger partial charge in [-0.05, 0) is 149 Å². The Balaban J connectivity index is 2.00. The van der Waals surface area contributed by atoms with Gasteiger partial charge >= 0.3 is 5.97 Å². The van der Waals surface area contributed by atoms with E-state index in [0.717, 1.165) is 23.6 Å². The lowest BCUT2D eigenvalue weighted by Crippen LogP contribution is -2.62. The first-order chi connectivity index (χ1) is 53.7. The third-order valence-corrected chi connectivity index (χ3v) is 18.3. The first kappa shape index (κ1) is 96.7. The van der Waals surface area contributed by atoms with E-state index in [1.165, 1.54) is 0 Å². The number of aliphatic hydroxyl groups excluding tert-OH is 1. The number of hydrogen-bond donors (Lipinski definition) is 21. The topological polar surface area (TPSA) is 625 Å². The maximum atomic E-state index is 14.9. The Bertz CT molecular complexity index is 3760. The van der Waals surface area contributed by atoms with Crippen LogP contribution in [0.25, 0.3) is 0 Å². The number of amides is 13. The number of carboxylic acid groups (broad SMARTS) is 1. The average Bonchev–Trinajstić information content (AvgIpc) is 0.861. The van der Waals surface area contributed by atoms with Crippen LogP contribution in [0.3, 0.4) is 0 Å². The molecule has 0 unspecified atom stereocenters. The van der Waals surface area contributed by atoms with Crippen molar-refractivity contribution < 1.29 is 82.4 Å². The molecule has 3 rings (SSSR count). The van der Waals surface area contributed by atoms with E-state index in [1.54, 1.807) is 121 Å². The number of nitrogens with one attached hydrogen (secondary N) is 12.